The first-order valence-corrected chi connectivity index (χ1v) is 16.1. The predicted molar refractivity (Wildman–Crippen MR) is 157 cm³/mol. The third kappa shape index (κ3) is 24.0. The van der Waals surface area contributed by atoms with Crippen molar-refractivity contribution in [1.82, 2.24) is 0 Å². The molecule has 0 aromatic carbocycles. The Labute approximate surface area is 222 Å². The average molecular weight is 515 g/mol. The van der Waals surface area contributed by atoms with Crippen LogP contribution < -0.4 is 0 Å². The van der Waals surface area contributed by atoms with Crippen molar-refractivity contribution in [2.45, 2.75) is 168 Å². The van der Waals surface area contributed by atoms with Crippen LogP contribution in [0.4, 0.5) is 0 Å². The molecule has 4 heteroatoms. The van der Waals surface area contributed by atoms with Crippen molar-refractivity contribution in [3.63, 3.8) is 0 Å². The lowest BCUT2D eigenvalue weighted by atomic mass is 9.89. The van der Waals surface area contributed by atoms with Crippen molar-refractivity contribution in [3.05, 3.63) is 0 Å². The molecule has 0 spiro atoms. The Morgan fingerprint density at radius 1 is 0.600 bits per heavy atom. The van der Waals surface area contributed by atoms with Crippen molar-refractivity contribution in [2.24, 2.45) is 11.8 Å². The summed E-state index contributed by atoms with van der Waals surface area (Å²) in [5.41, 5.74) is 0. The van der Waals surface area contributed by atoms with E-state index in [0.717, 1.165) is 12.8 Å². The van der Waals surface area contributed by atoms with Gasteiger partial charge in [0.1, 0.15) is 0 Å². The fourth-order valence-electron chi connectivity index (χ4n) is 4.95. The van der Waals surface area contributed by atoms with Gasteiger partial charge < -0.3 is 9.26 Å². The Kier molecular flexibility index (Phi) is 28.3. The third-order valence-electron chi connectivity index (χ3n) is 7.52. The Bertz CT molecular complexity index is 429. The second-order valence-electron chi connectivity index (χ2n) is 10.9. The maximum Gasteiger partial charge on any atom is 0.311 e. The molecule has 0 aliphatic rings. The van der Waals surface area contributed by atoms with Gasteiger partial charge in [0.05, 0.1) is 19.1 Å². The first-order valence-electron chi connectivity index (χ1n) is 15.7. The number of rotatable bonds is 28. The first kappa shape index (κ1) is 34.9. The molecular weight excluding hydrogens is 451 g/mol. The van der Waals surface area contributed by atoms with Gasteiger partial charge in [-0.05, 0) is 18.8 Å². The molecule has 0 saturated carbocycles. The van der Waals surface area contributed by atoms with Gasteiger partial charge in [0, 0.05) is 9.47 Å². The minimum Gasteiger partial charge on any atom is -0.465 e. The molecule has 3 atom stereocenters. The summed E-state index contributed by atoms with van der Waals surface area (Å²) >= 11 is 0. The van der Waals surface area contributed by atoms with Crippen LogP contribution in [-0.4, -0.2) is 19.2 Å². The molecule has 35 heavy (non-hydrogen) atoms. The van der Waals surface area contributed by atoms with Crippen LogP contribution in [0.2, 0.25) is 0 Å². The zero-order chi connectivity index (χ0) is 25.8. The highest BCUT2D eigenvalue weighted by molar-refractivity contribution is 7.09. The molecule has 0 fully saturated rings. The molecule has 210 valence electrons. The Balaban J connectivity index is 3.67. The molecule has 0 aliphatic carbocycles. The van der Waals surface area contributed by atoms with Crippen LogP contribution in [0.15, 0.2) is 0 Å². The van der Waals surface area contributed by atoms with Gasteiger partial charge in [-0.25, -0.2) is 0 Å². The molecule has 3 nitrogen and oxygen atoms in total. The molecule has 0 aliphatic heterocycles. The van der Waals surface area contributed by atoms with Crippen LogP contribution in [0.1, 0.15) is 168 Å². The standard InChI is InChI=1S/C31H63O3P/c1-4-6-8-10-12-14-15-16-17-18-19-21-23-25-27-33-31(32)30(28-34-35)29(3)26-24-22-20-13-11-9-7-5-2/h29-30H,4-28,35H2,1-3H3. The van der Waals surface area contributed by atoms with Crippen molar-refractivity contribution >= 4 is 15.4 Å². The molecule has 0 radical (unpaired) electrons. The molecule has 0 N–H and O–H groups in total. The van der Waals surface area contributed by atoms with Gasteiger partial charge in [-0.15, -0.1) is 0 Å². The monoisotopic (exact) mass is 514 g/mol. The summed E-state index contributed by atoms with van der Waals surface area (Å²) in [7, 11) is 2.30. The fraction of sp³-hybridized carbons (Fsp3) is 0.968. The highest BCUT2D eigenvalue weighted by atomic mass is 31.0. The second kappa shape index (κ2) is 28.4. The van der Waals surface area contributed by atoms with E-state index < -0.39 is 0 Å². The Hall–Kier alpha value is -0.140. The van der Waals surface area contributed by atoms with Crippen LogP contribution in [0.5, 0.6) is 0 Å². The lowest BCUT2D eigenvalue weighted by Gasteiger charge is -2.22. The van der Waals surface area contributed by atoms with Gasteiger partial charge in [0.25, 0.3) is 0 Å². The zero-order valence-corrected chi connectivity index (χ0v) is 25.3. The predicted octanol–water partition coefficient (Wildman–Crippen LogP) is 10.6. The molecule has 0 aromatic heterocycles. The maximum atomic E-state index is 12.6. The molecule has 0 rings (SSSR count). The van der Waals surface area contributed by atoms with E-state index in [1.165, 1.54) is 135 Å². The summed E-state index contributed by atoms with van der Waals surface area (Å²) in [6.07, 6.45) is 30.5. The van der Waals surface area contributed by atoms with Crippen molar-refractivity contribution in [2.75, 3.05) is 13.2 Å². The summed E-state index contributed by atoms with van der Waals surface area (Å²) in [4.78, 5) is 12.6. The Morgan fingerprint density at radius 2 is 0.971 bits per heavy atom. The van der Waals surface area contributed by atoms with Crippen molar-refractivity contribution < 1.29 is 14.1 Å². The van der Waals surface area contributed by atoms with Gasteiger partial charge in [-0.1, -0.05) is 156 Å². The van der Waals surface area contributed by atoms with E-state index in [9.17, 15) is 4.79 Å². The smallest absolute Gasteiger partial charge is 0.311 e. The van der Waals surface area contributed by atoms with E-state index in [2.05, 4.69) is 30.2 Å². The average Bonchev–Trinajstić information content (AvgIpc) is 2.86. The topological polar surface area (TPSA) is 35.5 Å². The van der Waals surface area contributed by atoms with Gasteiger partial charge >= 0.3 is 5.97 Å². The zero-order valence-electron chi connectivity index (χ0n) is 24.1. The lowest BCUT2D eigenvalue weighted by Crippen LogP contribution is -2.28. The van der Waals surface area contributed by atoms with Gasteiger partial charge in [0.2, 0.25) is 0 Å². The van der Waals surface area contributed by atoms with Crippen LogP contribution >= 0.6 is 9.47 Å². The van der Waals surface area contributed by atoms with Crippen molar-refractivity contribution in [1.29, 1.82) is 0 Å². The molecular formula is C31H63O3P. The fourth-order valence-corrected chi connectivity index (χ4v) is 5.15. The van der Waals surface area contributed by atoms with Crippen molar-refractivity contribution in [3.8, 4) is 0 Å². The number of carbonyl (C=O) groups is 1. The largest absolute Gasteiger partial charge is 0.465 e. The Morgan fingerprint density at radius 3 is 1.37 bits per heavy atom. The number of hydrogen-bond acceptors (Lipinski definition) is 3. The number of ether oxygens (including phenoxy) is 1. The normalized spacial score (nSPS) is 13.1. The summed E-state index contributed by atoms with van der Waals surface area (Å²) in [6, 6.07) is 0. The molecule has 0 heterocycles. The minimum absolute atomic E-state index is 0.0609. The molecule has 0 amide bonds. The lowest BCUT2D eigenvalue weighted by molar-refractivity contribution is -0.151. The maximum absolute atomic E-state index is 12.6. The number of esters is 1. The van der Waals surface area contributed by atoms with Crippen LogP contribution in [0.3, 0.4) is 0 Å². The number of hydrogen-bond donors (Lipinski definition) is 0. The van der Waals surface area contributed by atoms with Crippen LogP contribution in [0.25, 0.3) is 0 Å². The van der Waals surface area contributed by atoms with E-state index in [1.807, 2.05) is 0 Å². The highest BCUT2D eigenvalue weighted by Gasteiger charge is 2.26. The van der Waals surface area contributed by atoms with Gasteiger partial charge in [-0.2, -0.15) is 0 Å². The van der Waals surface area contributed by atoms with Gasteiger partial charge in [0.15, 0.2) is 0 Å². The minimum atomic E-state index is -0.135. The van der Waals surface area contributed by atoms with E-state index in [-0.39, 0.29) is 11.9 Å². The SMILES string of the molecule is CCCCCCCCCCCCCCCCOC(=O)C(COP)C(C)CCCCCCCCCC. The third-order valence-corrected chi connectivity index (χ3v) is 7.71. The van der Waals surface area contributed by atoms with Gasteiger partial charge in [-0.3, -0.25) is 4.79 Å². The number of carbonyl (C=O) groups excluding carboxylic acids is 1. The van der Waals surface area contributed by atoms with E-state index in [0.29, 0.717) is 19.1 Å². The van der Waals surface area contributed by atoms with E-state index >= 15 is 0 Å². The summed E-state index contributed by atoms with van der Waals surface area (Å²) in [6.45, 7) is 7.74. The van der Waals surface area contributed by atoms with E-state index in [1.54, 1.807) is 0 Å². The van der Waals surface area contributed by atoms with E-state index in [4.69, 9.17) is 9.26 Å². The number of unbranched alkanes of at least 4 members (excludes halogenated alkanes) is 20. The highest BCUT2D eigenvalue weighted by Crippen LogP contribution is 2.23. The summed E-state index contributed by atoms with van der Waals surface area (Å²) in [5.74, 6) is 0.123. The molecule has 0 aromatic rings. The van der Waals surface area contributed by atoms with Crippen LogP contribution in [-0.2, 0) is 14.1 Å². The molecule has 0 saturated heterocycles. The van der Waals surface area contributed by atoms with Crippen LogP contribution in [0, 0.1) is 11.8 Å². The quantitative estimate of drug-likeness (QED) is 0.0591. The summed E-state index contributed by atoms with van der Waals surface area (Å²) < 4.78 is 10.9. The molecule has 0 bridgehead atoms. The summed E-state index contributed by atoms with van der Waals surface area (Å²) in [5, 5.41) is 0. The first-order chi connectivity index (χ1) is 17.2. The molecule has 3 unspecified atom stereocenters. The second-order valence-corrected chi connectivity index (χ2v) is 11.3.